The van der Waals surface area contributed by atoms with E-state index in [9.17, 15) is 13.6 Å². The first-order chi connectivity index (χ1) is 10.5. The van der Waals surface area contributed by atoms with Gasteiger partial charge in [0.2, 0.25) is 5.92 Å². The molecule has 122 valence electrons. The number of halogens is 2. The number of alkyl halides is 2. The van der Waals surface area contributed by atoms with Gasteiger partial charge in [0.15, 0.2) is 0 Å². The number of hydrogen-bond acceptors (Lipinski definition) is 2. The summed E-state index contributed by atoms with van der Waals surface area (Å²) in [5.41, 5.74) is 3.58. The van der Waals surface area contributed by atoms with Crippen LogP contribution >= 0.6 is 0 Å². The maximum atomic E-state index is 13.6. The molecule has 0 amide bonds. The van der Waals surface area contributed by atoms with Crippen molar-refractivity contribution < 1.29 is 13.6 Å². The Labute approximate surface area is 131 Å². The van der Waals surface area contributed by atoms with Gasteiger partial charge in [-0.05, 0) is 63.5 Å². The lowest BCUT2D eigenvalue weighted by Crippen LogP contribution is -2.17. The van der Waals surface area contributed by atoms with E-state index >= 15 is 0 Å². The third-order valence-corrected chi connectivity index (χ3v) is 4.30. The van der Waals surface area contributed by atoms with Crippen molar-refractivity contribution in [3.63, 3.8) is 0 Å². The molecule has 2 nitrogen and oxygen atoms in total. The number of carbonyl (C=O) groups excluding carboxylic acids is 1. The third-order valence-electron chi connectivity index (χ3n) is 4.30. The molecule has 2 rings (SSSR count). The van der Waals surface area contributed by atoms with E-state index in [-0.39, 0.29) is 25.0 Å². The highest BCUT2D eigenvalue weighted by Gasteiger charge is 2.28. The molecule has 0 aliphatic heterocycles. The molecule has 1 aliphatic rings. The predicted octanol–water partition coefficient (Wildman–Crippen LogP) is 4.68. The SMILES string of the molecule is CC(=O)CCC(F)(F)CCCCc1ccc2c(n1)CCCC2. The van der Waals surface area contributed by atoms with Crippen LogP contribution in [-0.2, 0) is 24.1 Å². The number of hydrogen-bond donors (Lipinski definition) is 0. The second-order valence-corrected chi connectivity index (χ2v) is 6.38. The number of pyridine rings is 1. The van der Waals surface area contributed by atoms with E-state index in [1.165, 1.54) is 31.0 Å². The Hall–Kier alpha value is -1.32. The van der Waals surface area contributed by atoms with E-state index in [4.69, 9.17) is 0 Å². The van der Waals surface area contributed by atoms with Gasteiger partial charge in [0.05, 0.1) is 0 Å². The molecule has 0 saturated carbocycles. The number of fused-ring (bicyclic) bond motifs is 1. The third kappa shape index (κ3) is 5.47. The molecular weight excluding hydrogens is 284 g/mol. The minimum Gasteiger partial charge on any atom is -0.300 e. The molecule has 1 heterocycles. The van der Waals surface area contributed by atoms with E-state index in [0.29, 0.717) is 6.42 Å². The standard InChI is InChI=1S/C18H25F2NO/c1-14(22)11-13-18(19,20)12-5-4-7-16-10-9-15-6-2-3-8-17(15)21-16/h9-10H,2-8,11-13H2,1H3. The fraction of sp³-hybridized carbons (Fsp3) is 0.667. The average Bonchev–Trinajstić information content (AvgIpc) is 2.50. The molecule has 1 aliphatic carbocycles. The van der Waals surface area contributed by atoms with Gasteiger partial charge in [-0.15, -0.1) is 0 Å². The summed E-state index contributed by atoms with van der Waals surface area (Å²) >= 11 is 0. The molecule has 22 heavy (non-hydrogen) atoms. The second kappa shape index (κ2) is 7.80. The summed E-state index contributed by atoms with van der Waals surface area (Å²) < 4.78 is 27.1. The average molecular weight is 309 g/mol. The summed E-state index contributed by atoms with van der Waals surface area (Å²) in [7, 11) is 0. The summed E-state index contributed by atoms with van der Waals surface area (Å²) in [5.74, 6) is -2.88. The van der Waals surface area contributed by atoms with Crippen LogP contribution in [0.25, 0.3) is 0 Å². The minimum absolute atomic E-state index is 0.0284. The van der Waals surface area contributed by atoms with Crippen LogP contribution in [0.1, 0.15) is 68.8 Å². The number of aromatic nitrogens is 1. The molecular formula is C18H25F2NO. The Morgan fingerprint density at radius 1 is 1.18 bits per heavy atom. The lowest BCUT2D eigenvalue weighted by Gasteiger charge is -2.16. The van der Waals surface area contributed by atoms with E-state index < -0.39 is 5.92 Å². The highest BCUT2D eigenvalue weighted by atomic mass is 19.3. The first-order valence-electron chi connectivity index (χ1n) is 8.31. The van der Waals surface area contributed by atoms with Crippen molar-refractivity contribution in [2.45, 2.75) is 77.1 Å². The Morgan fingerprint density at radius 3 is 2.73 bits per heavy atom. The summed E-state index contributed by atoms with van der Waals surface area (Å²) in [6.45, 7) is 1.36. The molecule has 1 aromatic heterocycles. The van der Waals surface area contributed by atoms with E-state index in [2.05, 4.69) is 11.1 Å². The molecule has 0 N–H and O–H groups in total. The molecule has 1 aromatic rings. The van der Waals surface area contributed by atoms with Gasteiger partial charge in [-0.1, -0.05) is 6.07 Å². The normalized spacial score (nSPS) is 14.7. The summed E-state index contributed by atoms with van der Waals surface area (Å²) in [6.07, 6.45) is 6.08. The molecule has 0 spiro atoms. The zero-order valence-corrected chi connectivity index (χ0v) is 13.3. The van der Waals surface area contributed by atoms with E-state index in [1.54, 1.807) is 0 Å². The Morgan fingerprint density at radius 2 is 1.95 bits per heavy atom. The van der Waals surface area contributed by atoms with Gasteiger partial charge in [-0.25, -0.2) is 8.78 Å². The number of rotatable bonds is 8. The molecule has 0 aromatic carbocycles. The maximum absolute atomic E-state index is 13.6. The van der Waals surface area contributed by atoms with Crippen LogP contribution in [0, 0.1) is 0 Å². The zero-order valence-electron chi connectivity index (χ0n) is 13.3. The van der Waals surface area contributed by atoms with Crippen LogP contribution in [0.3, 0.4) is 0 Å². The lowest BCUT2D eigenvalue weighted by atomic mass is 9.95. The van der Waals surface area contributed by atoms with Crippen LogP contribution < -0.4 is 0 Å². The monoisotopic (exact) mass is 309 g/mol. The maximum Gasteiger partial charge on any atom is 0.248 e. The van der Waals surface area contributed by atoms with Gasteiger partial charge in [-0.2, -0.15) is 0 Å². The molecule has 0 saturated heterocycles. The first-order valence-corrected chi connectivity index (χ1v) is 8.31. The minimum atomic E-state index is -2.71. The van der Waals surface area contributed by atoms with Crippen molar-refractivity contribution in [2.75, 3.05) is 0 Å². The predicted molar refractivity (Wildman–Crippen MR) is 83.3 cm³/mol. The van der Waals surface area contributed by atoms with Crippen LogP contribution in [0.4, 0.5) is 8.78 Å². The Bertz CT molecular complexity index is 514. The highest BCUT2D eigenvalue weighted by molar-refractivity contribution is 5.75. The fourth-order valence-corrected chi connectivity index (χ4v) is 2.94. The number of unbranched alkanes of at least 4 members (excludes halogenated alkanes) is 1. The molecule has 4 heteroatoms. The Kier molecular flexibility index (Phi) is 6.04. The lowest BCUT2D eigenvalue weighted by molar-refractivity contribution is -0.119. The van der Waals surface area contributed by atoms with Crippen molar-refractivity contribution in [2.24, 2.45) is 0 Å². The van der Waals surface area contributed by atoms with Crippen LogP contribution in [0.2, 0.25) is 0 Å². The molecule has 0 atom stereocenters. The van der Waals surface area contributed by atoms with Gasteiger partial charge in [0.25, 0.3) is 0 Å². The fourth-order valence-electron chi connectivity index (χ4n) is 2.94. The molecule has 0 bridgehead atoms. The van der Waals surface area contributed by atoms with E-state index in [0.717, 1.165) is 31.4 Å². The molecule has 0 radical (unpaired) electrons. The van der Waals surface area contributed by atoms with Gasteiger partial charge in [-0.3, -0.25) is 4.98 Å². The number of nitrogens with zero attached hydrogens (tertiary/aromatic N) is 1. The number of ketones is 1. The van der Waals surface area contributed by atoms with E-state index in [1.807, 2.05) is 6.07 Å². The summed E-state index contributed by atoms with van der Waals surface area (Å²) in [5, 5.41) is 0. The Balaban J connectivity index is 1.73. The first kappa shape index (κ1) is 17.0. The number of Topliss-reactive ketones (excluding diaryl/α,β-unsaturated/α-hetero) is 1. The topological polar surface area (TPSA) is 30.0 Å². The van der Waals surface area contributed by atoms with Crippen molar-refractivity contribution in [3.8, 4) is 0 Å². The largest absolute Gasteiger partial charge is 0.300 e. The van der Waals surface area contributed by atoms with Gasteiger partial charge in [0.1, 0.15) is 5.78 Å². The molecule has 0 unspecified atom stereocenters. The van der Waals surface area contributed by atoms with Crippen molar-refractivity contribution in [1.82, 2.24) is 4.98 Å². The van der Waals surface area contributed by atoms with Crippen LogP contribution in [0.15, 0.2) is 12.1 Å². The highest BCUT2D eigenvalue weighted by Crippen LogP contribution is 2.27. The quantitative estimate of drug-likeness (QED) is 0.653. The number of carbonyl (C=O) groups is 1. The van der Waals surface area contributed by atoms with Crippen molar-refractivity contribution in [3.05, 3.63) is 29.1 Å². The smallest absolute Gasteiger partial charge is 0.248 e. The van der Waals surface area contributed by atoms with Crippen LogP contribution in [-0.4, -0.2) is 16.7 Å². The van der Waals surface area contributed by atoms with Gasteiger partial charge in [0, 0.05) is 30.7 Å². The molecule has 0 fully saturated rings. The second-order valence-electron chi connectivity index (χ2n) is 6.38. The number of aryl methyl sites for hydroxylation is 3. The van der Waals surface area contributed by atoms with Crippen LogP contribution in [0.5, 0.6) is 0 Å². The summed E-state index contributed by atoms with van der Waals surface area (Å²) in [6, 6.07) is 4.19. The zero-order chi connectivity index (χ0) is 16.0. The summed E-state index contributed by atoms with van der Waals surface area (Å²) in [4.78, 5) is 15.5. The van der Waals surface area contributed by atoms with Crippen molar-refractivity contribution >= 4 is 5.78 Å². The van der Waals surface area contributed by atoms with Crippen molar-refractivity contribution in [1.29, 1.82) is 0 Å². The van der Waals surface area contributed by atoms with Gasteiger partial charge < -0.3 is 4.79 Å². The van der Waals surface area contributed by atoms with Gasteiger partial charge >= 0.3 is 0 Å².